The van der Waals surface area contributed by atoms with E-state index in [1.807, 2.05) is 18.2 Å². The Morgan fingerprint density at radius 1 is 1.25 bits per heavy atom. The molecule has 32 heavy (non-hydrogen) atoms. The zero-order valence-electron chi connectivity index (χ0n) is 18.5. The van der Waals surface area contributed by atoms with Gasteiger partial charge in [-0.2, -0.15) is 0 Å². The fourth-order valence-electron chi connectivity index (χ4n) is 3.86. The van der Waals surface area contributed by atoms with E-state index in [4.69, 9.17) is 9.47 Å². The van der Waals surface area contributed by atoms with E-state index in [0.717, 1.165) is 19.5 Å². The highest BCUT2D eigenvalue weighted by Gasteiger charge is 2.20. The number of hydrogen-bond donors (Lipinski definition) is 1. The second-order valence-electron chi connectivity index (χ2n) is 7.53. The van der Waals surface area contributed by atoms with Gasteiger partial charge in [0.1, 0.15) is 5.75 Å². The minimum atomic E-state index is -0.468. The van der Waals surface area contributed by atoms with Crippen molar-refractivity contribution in [3.63, 3.8) is 0 Å². The third kappa shape index (κ3) is 6.15. The number of non-ortho nitro benzene ring substituents is 1. The molecule has 0 aromatic heterocycles. The molecule has 1 unspecified atom stereocenters. The van der Waals surface area contributed by atoms with Crippen LogP contribution in [-0.2, 0) is 22.6 Å². The third-order valence-electron chi connectivity index (χ3n) is 5.50. The van der Waals surface area contributed by atoms with Gasteiger partial charge in [-0.15, -0.1) is 0 Å². The fraction of sp³-hybridized carbons (Fsp3) is 0.375. The molecule has 1 N–H and O–H groups in total. The Hall–Kier alpha value is -3.23. The predicted octanol–water partition coefficient (Wildman–Crippen LogP) is 3.54. The normalized spacial score (nSPS) is 14.1. The van der Waals surface area contributed by atoms with Crippen LogP contribution >= 0.6 is 0 Å². The maximum atomic E-state index is 12.5. The minimum absolute atomic E-state index is 0.0673. The molecule has 1 aliphatic heterocycles. The lowest BCUT2D eigenvalue weighted by atomic mass is 10.0. The number of fused-ring (bicyclic) bond motifs is 1. The summed E-state index contributed by atoms with van der Waals surface area (Å²) in [4.78, 5) is 25.6. The summed E-state index contributed by atoms with van der Waals surface area (Å²) in [5.41, 5.74) is 2.23. The molecule has 0 radical (unpaired) electrons. The van der Waals surface area contributed by atoms with Crippen molar-refractivity contribution in [3.8, 4) is 5.75 Å². The van der Waals surface area contributed by atoms with Crippen LogP contribution in [0.3, 0.4) is 0 Å². The van der Waals surface area contributed by atoms with Gasteiger partial charge in [-0.25, -0.2) is 0 Å². The summed E-state index contributed by atoms with van der Waals surface area (Å²) in [7, 11) is 0. The molecule has 2 aromatic carbocycles. The number of carbonyl (C=O) groups is 1. The van der Waals surface area contributed by atoms with Crippen molar-refractivity contribution < 1.29 is 19.2 Å². The van der Waals surface area contributed by atoms with Gasteiger partial charge in [0.05, 0.1) is 11.5 Å². The van der Waals surface area contributed by atoms with E-state index >= 15 is 0 Å². The van der Waals surface area contributed by atoms with Crippen LogP contribution in [0, 0.1) is 10.1 Å². The Kier molecular flexibility index (Phi) is 8.35. The Bertz CT molecular complexity index is 958. The Balaban J connectivity index is 1.70. The molecule has 0 saturated heterocycles. The summed E-state index contributed by atoms with van der Waals surface area (Å²) in [6.45, 7) is 6.80. The van der Waals surface area contributed by atoms with Crippen molar-refractivity contribution in [1.29, 1.82) is 0 Å². The molecule has 1 aliphatic rings. The number of benzene rings is 2. The Morgan fingerprint density at radius 2 is 2.00 bits per heavy atom. The van der Waals surface area contributed by atoms with E-state index in [-0.39, 0.29) is 31.0 Å². The van der Waals surface area contributed by atoms with Gasteiger partial charge in [-0.3, -0.25) is 19.8 Å². The van der Waals surface area contributed by atoms with Crippen LogP contribution in [0.4, 0.5) is 5.69 Å². The van der Waals surface area contributed by atoms with Gasteiger partial charge in [-0.05, 0) is 31.1 Å². The van der Waals surface area contributed by atoms with Crippen LogP contribution in [0.15, 0.2) is 48.5 Å². The minimum Gasteiger partial charge on any atom is -0.467 e. The quantitative estimate of drug-likeness (QED) is 0.346. The van der Waals surface area contributed by atoms with E-state index < -0.39 is 4.92 Å². The summed E-state index contributed by atoms with van der Waals surface area (Å²) in [6.07, 6.45) is 3.77. The van der Waals surface area contributed by atoms with E-state index in [0.29, 0.717) is 23.4 Å². The zero-order chi connectivity index (χ0) is 22.9. The van der Waals surface area contributed by atoms with Crippen LogP contribution in [0.2, 0.25) is 0 Å². The molecule has 8 heteroatoms. The van der Waals surface area contributed by atoms with Crippen LogP contribution in [0.5, 0.6) is 5.75 Å². The smallest absolute Gasteiger partial charge is 0.270 e. The standard InChI is InChI=1S/C24H29N3O5/c1-3-26(4-2)22(12-18-8-6-5-7-9-18)15-25-23(28)11-10-19-13-21(27(29)30)14-20-16-31-17-32-24(19)20/h5-11,13-14,22H,3-4,12,15-17H2,1-2H3,(H,25,28). The molecule has 0 bridgehead atoms. The number of nitro groups is 1. The second kappa shape index (κ2) is 11.4. The van der Waals surface area contributed by atoms with E-state index in [1.165, 1.54) is 23.8 Å². The average molecular weight is 440 g/mol. The highest BCUT2D eigenvalue weighted by molar-refractivity contribution is 5.92. The van der Waals surface area contributed by atoms with Crippen LogP contribution < -0.4 is 10.1 Å². The van der Waals surface area contributed by atoms with Crippen LogP contribution in [0.1, 0.15) is 30.5 Å². The topological polar surface area (TPSA) is 93.9 Å². The molecule has 1 atom stereocenters. The summed E-state index contributed by atoms with van der Waals surface area (Å²) < 4.78 is 10.7. The van der Waals surface area contributed by atoms with Gasteiger partial charge >= 0.3 is 0 Å². The lowest BCUT2D eigenvalue weighted by Gasteiger charge is -2.30. The number of likely N-dealkylation sites (N-methyl/N-ethyl adjacent to an activating group) is 1. The number of rotatable bonds is 10. The number of nitro benzene ring substituents is 1. The van der Waals surface area contributed by atoms with Gasteiger partial charge in [0.2, 0.25) is 5.91 Å². The molecule has 0 spiro atoms. The fourth-order valence-corrected chi connectivity index (χ4v) is 3.86. The number of amides is 1. The lowest BCUT2D eigenvalue weighted by Crippen LogP contribution is -2.44. The SMILES string of the molecule is CCN(CC)C(CNC(=O)C=Cc1cc([N+](=O)[O-])cc2c1OCOC2)Cc1ccccc1. The first-order chi connectivity index (χ1) is 15.5. The van der Waals surface area contributed by atoms with E-state index in [1.54, 1.807) is 6.08 Å². The van der Waals surface area contributed by atoms with Gasteiger partial charge in [0.25, 0.3) is 5.69 Å². The van der Waals surface area contributed by atoms with Gasteiger partial charge in [-0.1, -0.05) is 44.2 Å². The van der Waals surface area contributed by atoms with Crippen LogP contribution in [-0.4, -0.2) is 48.2 Å². The monoisotopic (exact) mass is 439 g/mol. The molecule has 8 nitrogen and oxygen atoms in total. The molecule has 0 fully saturated rings. The number of ether oxygens (including phenoxy) is 2. The van der Waals surface area contributed by atoms with Crippen molar-refractivity contribution in [1.82, 2.24) is 10.2 Å². The van der Waals surface area contributed by atoms with Crippen molar-refractivity contribution in [2.75, 3.05) is 26.4 Å². The maximum absolute atomic E-state index is 12.5. The van der Waals surface area contributed by atoms with Gasteiger partial charge in [0, 0.05) is 41.9 Å². The molecular formula is C24H29N3O5. The Morgan fingerprint density at radius 3 is 2.69 bits per heavy atom. The lowest BCUT2D eigenvalue weighted by molar-refractivity contribution is -0.385. The van der Waals surface area contributed by atoms with E-state index in [9.17, 15) is 14.9 Å². The van der Waals surface area contributed by atoms with Gasteiger partial charge < -0.3 is 14.8 Å². The van der Waals surface area contributed by atoms with E-state index in [2.05, 4.69) is 36.2 Å². The van der Waals surface area contributed by atoms with Crippen LogP contribution in [0.25, 0.3) is 6.08 Å². The van der Waals surface area contributed by atoms with Crippen molar-refractivity contribution in [3.05, 3.63) is 75.3 Å². The first-order valence-electron chi connectivity index (χ1n) is 10.8. The van der Waals surface area contributed by atoms with Crippen molar-refractivity contribution >= 4 is 17.7 Å². The number of nitrogens with one attached hydrogen (secondary N) is 1. The number of carbonyl (C=O) groups excluding carboxylic acids is 1. The maximum Gasteiger partial charge on any atom is 0.270 e. The molecule has 0 saturated carbocycles. The molecule has 2 aromatic rings. The number of hydrogen-bond acceptors (Lipinski definition) is 6. The zero-order valence-corrected chi connectivity index (χ0v) is 18.5. The highest BCUT2D eigenvalue weighted by Crippen LogP contribution is 2.33. The number of nitrogens with zero attached hydrogens (tertiary/aromatic N) is 2. The molecule has 1 heterocycles. The molecule has 3 rings (SSSR count). The second-order valence-corrected chi connectivity index (χ2v) is 7.53. The summed E-state index contributed by atoms with van der Waals surface area (Å²) in [6, 6.07) is 13.2. The first kappa shape index (κ1) is 23.4. The molecule has 170 valence electrons. The Labute approximate surface area is 188 Å². The van der Waals surface area contributed by atoms with Crippen molar-refractivity contribution in [2.24, 2.45) is 0 Å². The van der Waals surface area contributed by atoms with Crippen molar-refractivity contribution in [2.45, 2.75) is 32.9 Å². The summed E-state index contributed by atoms with van der Waals surface area (Å²) in [5.74, 6) is 0.249. The third-order valence-corrected chi connectivity index (χ3v) is 5.50. The molecule has 1 amide bonds. The molecule has 0 aliphatic carbocycles. The first-order valence-corrected chi connectivity index (χ1v) is 10.8. The highest BCUT2D eigenvalue weighted by atomic mass is 16.7. The summed E-state index contributed by atoms with van der Waals surface area (Å²) in [5, 5.41) is 14.2. The van der Waals surface area contributed by atoms with Gasteiger partial charge in [0.15, 0.2) is 6.79 Å². The molecular weight excluding hydrogens is 410 g/mol. The predicted molar refractivity (Wildman–Crippen MR) is 122 cm³/mol. The largest absolute Gasteiger partial charge is 0.467 e. The average Bonchev–Trinajstić information content (AvgIpc) is 2.82. The summed E-state index contributed by atoms with van der Waals surface area (Å²) >= 11 is 0.